The highest BCUT2D eigenvalue weighted by molar-refractivity contribution is 7.92. The van der Waals surface area contributed by atoms with Crippen LogP contribution in [0.2, 0.25) is 5.02 Å². The quantitative estimate of drug-likeness (QED) is 0.865. The van der Waals surface area contributed by atoms with Crippen molar-refractivity contribution in [2.24, 2.45) is 5.41 Å². The predicted molar refractivity (Wildman–Crippen MR) is 88.2 cm³/mol. The Labute approximate surface area is 140 Å². The molecule has 0 amide bonds. The minimum Gasteiger partial charge on any atom is -0.396 e. The number of hydrogen-bond acceptors (Lipinski definition) is 4. The molecule has 0 heterocycles. The van der Waals surface area contributed by atoms with Crippen LogP contribution in [0.3, 0.4) is 0 Å². The fourth-order valence-electron chi connectivity index (χ4n) is 3.30. The number of halogens is 1. The van der Waals surface area contributed by atoms with Gasteiger partial charge >= 0.3 is 0 Å². The van der Waals surface area contributed by atoms with Gasteiger partial charge in [0.25, 0.3) is 0 Å². The van der Waals surface area contributed by atoms with Crippen LogP contribution in [0.25, 0.3) is 0 Å². The van der Waals surface area contributed by atoms with Gasteiger partial charge < -0.3 is 10.2 Å². The molecule has 3 rings (SSSR count). The van der Waals surface area contributed by atoms with E-state index in [4.69, 9.17) is 11.6 Å². The van der Waals surface area contributed by atoms with E-state index in [2.05, 4.69) is 0 Å². The molecule has 2 unspecified atom stereocenters. The summed E-state index contributed by atoms with van der Waals surface area (Å²) in [5, 5.41) is 19.2. The number of aliphatic hydroxyl groups excluding tert-OH is 2. The SMILES string of the molecule is O=S(=O)(c1ccccc1)C1C(c2ccc(Cl)cc2)C1(CO)CO. The van der Waals surface area contributed by atoms with Crippen LogP contribution in [0.5, 0.6) is 0 Å². The highest BCUT2D eigenvalue weighted by atomic mass is 35.5. The Morgan fingerprint density at radius 2 is 1.52 bits per heavy atom. The summed E-state index contributed by atoms with van der Waals surface area (Å²) in [5.41, 5.74) is -0.315. The van der Waals surface area contributed by atoms with E-state index in [9.17, 15) is 18.6 Å². The molecule has 2 aromatic rings. The molecule has 2 atom stereocenters. The first-order valence-electron chi connectivity index (χ1n) is 7.23. The summed E-state index contributed by atoms with van der Waals surface area (Å²) < 4.78 is 25.9. The fourth-order valence-corrected chi connectivity index (χ4v) is 5.88. The summed E-state index contributed by atoms with van der Waals surface area (Å²) in [6, 6.07) is 15.0. The molecule has 4 nitrogen and oxygen atoms in total. The topological polar surface area (TPSA) is 74.6 Å². The molecule has 0 aliphatic heterocycles. The summed E-state index contributed by atoms with van der Waals surface area (Å²) in [6.07, 6.45) is 0. The molecule has 6 heteroatoms. The Bertz CT molecular complexity index is 783. The lowest BCUT2D eigenvalue weighted by Gasteiger charge is -2.11. The maximum Gasteiger partial charge on any atom is 0.182 e. The van der Waals surface area contributed by atoms with Crippen LogP contribution >= 0.6 is 11.6 Å². The summed E-state index contributed by atoms with van der Waals surface area (Å²) in [5.74, 6) is -0.458. The lowest BCUT2D eigenvalue weighted by molar-refractivity contribution is 0.130. The van der Waals surface area contributed by atoms with E-state index in [1.54, 1.807) is 42.5 Å². The molecular formula is C17H17ClO4S. The van der Waals surface area contributed by atoms with Gasteiger partial charge in [-0.3, -0.25) is 0 Å². The second-order valence-electron chi connectivity index (χ2n) is 5.86. The molecule has 2 N–H and O–H groups in total. The first-order valence-corrected chi connectivity index (χ1v) is 9.16. The van der Waals surface area contributed by atoms with E-state index in [1.165, 1.54) is 12.1 Å². The number of hydrogen-bond donors (Lipinski definition) is 2. The minimum atomic E-state index is -3.66. The van der Waals surface area contributed by atoms with Crippen molar-refractivity contribution in [3.8, 4) is 0 Å². The van der Waals surface area contributed by atoms with Gasteiger partial charge in [0.2, 0.25) is 0 Å². The Balaban J connectivity index is 2.05. The zero-order valence-electron chi connectivity index (χ0n) is 12.3. The van der Waals surface area contributed by atoms with Gasteiger partial charge in [0.05, 0.1) is 23.4 Å². The van der Waals surface area contributed by atoms with E-state index in [-0.39, 0.29) is 4.90 Å². The molecule has 1 fully saturated rings. The van der Waals surface area contributed by atoms with E-state index in [0.717, 1.165) is 5.56 Å². The van der Waals surface area contributed by atoms with Crippen LogP contribution in [-0.2, 0) is 9.84 Å². The van der Waals surface area contributed by atoms with Crippen LogP contribution in [0.4, 0.5) is 0 Å². The first-order chi connectivity index (χ1) is 11.0. The van der Waals surface area contributed by atoms with E-state index in [0.29, 0.717) is 5.02 Å². The molecule has 1 aliphatic carbocycles. The third kappa shape index (κ3) is 2.58. The minimum absolute atomic E-state index is 0.202. The summed E-state index contributed by atoms with van der Waals surface area (Å²) in [4.78, 5) is 0.202. The second kappa shape index (κ2) is 5.91. The average molecular weight is 353 g/mol. The zero-order valence-corrected chi connectivity index (χ0v) is 13.8. The van der Waals surface area contributed by atoms with Crippen LogP contribution < -0.4 is 0 Å². The molecule has 122 valence electrons. The third-order valence-corrected chi connectivity index (χ3v) is 7.19. The molecule has 1 saturated carbocycles. The summed E-state index contributed by atoms with van der Waals surface area (Å²) in [7, 11) is -3.66. The molecular weight excluding hydrogens is 336 g/mol. The maximum absolute atomic E-state index is 12.9. The predicted octanol–water partition coefficient (Wildman–Crippen LogP) is 2.25. The largest absolute Gasteiger partial charge is 0.396 e. The van der Waals surface area contributed by atoms with Gasteiger partial charge in [-0.2, -0.15) is 0 Å². The smallest absolute Gasteiger partial charge is 0.182 e. The highest BCUT2D eigenvalue weighted by Crippen LogP contribution is 2.63. The normalized spacial score (nSPS) is 22.7. The van der Waals surface area contributed by atoms with Crippen LogP contribution in [0.1, 0.15) is 11.5 Å². The van der Waals surface area contributed by atoms with E-state index < -0.39 is 39.6 Å². The van der Waals surface area contributed by atoms with Crippen molar-refractivity contribution < 1.29 is 18.6 Å². The van der Waals surface area contributed by atoms with Crippen molar-refractivity contribution >= 4 is 21.4 Å². The lowest BCUT2D eigenvalue weighted by Crippen LogP contribution is -2.22. The van der Waals surface area contributed by atoms with Crippen molar-refractivity contribution in [2.45, 2.75) is 16.1 Å². The Hall–Kier alpha value is -1.40. The zero-order chi connectivity index (χ0) is 16.7. The number of sulfone groups is 1. The molecule has 0 saturated heterocycles. The van der Waals surface area contributed by atoms with Crippen molar-refractivity contribution in [3.63, 3.8) is 0 Å². The van der Waals surface area contributed by atoms with Crippen LogP contribution in [0.15, 0.2) is 59.5 Å². The maximum atomic E-state index is 12.9. The molecule has 0 radical (unpaired) electrons. The van der Waals surface area contributed by atoms with E-state index >= 15 is 0 Å². The summed E-state index contributed by atoms with van der Waals surface area (Å²) in [6.45, 7) is -0.791. The first kappa shape index (κ1) is 16.5. The second-order valence-corrected chi connectivity index (χ2v) is 8.36. The lowest BCUT2D eigenvalue weighted by atomic mass is 10.0. The number of aliphatic hydroxyl groups is 2. The number of rotatable bonds is 5. The standard InChI is InChI=1S/C17H17ClO4S/c18-13-8-6-12(7-9-13)15-16(17(15,10-19)11-20)23(21,22)14-4-2-1-3-5-14/h1-9,15-16,19-20H,10-11H2. The Morgan fingerprint density at radius 3 is 2.04 bits per heavy atom. The molecule has 0 bridgehead atoms. The molecule has 0 spiro atoms. The Morgan fingerprint density at radius 1 is 0.957 bits per heavy atom. The molecule has 2 aromatic carbocycles. The average Bonchev–Trinajstić information content (AvgIpc) is 3.27. The van der Waals surface area contributed by atoms with Crippen molar-refractivity contribution in [2.75, 3.05) is 13.2 Å². The van der Waals surface area contributed by atoms with Crippen molar-refractivity contribution in [1.82, 2.24) is 0 Å². The molecule has 23 heavy (non-hydrogen) atoms. The van der Waals surface area contributed by atoms with Crippen LogP contribution in [-0.4, -0.2) is 37.1 Å². The number of benzene rings is 2. The highest BCUT2D eigenvalue weighted by Gasteiger charge is 2.70. The fraction of sp³-hybridized carbons (Fsp3) is 0.294. The van der Waals surface area contributed by atoms with Crippen molar-refractivity contribution in [1.29, 1.82) is 0 Å². The van der Waals surface area contributed by atoms with Gasteiger partial charge in [-0.15, -0.1) is 0 Å². The Kier molecular flexibility index (Phi) is 4.23. The van der Waals surface area contributed by atoms with Gasteiger partial charge in [0.15, 0.2) is 9.84 Å². The van der Waals surface area contributed by atoms with Gasteiger partial charge in [-0.05, 0) is 29.8 Å². The van der Waals surface area contributed by atoms with Crippen molar-refractivity contribution in [3.05, 3.63) is 65.2 Å². The molecule has 0 aromatic heterocycles. The van der Waals surface area contributed by atoms with Crippen LogP contribution in [0, 0.1) is 5.41 Å². The van der Waals surface area contributed by atoms with Gasteiger partial charge in [-0.1, -0.05) is 41.9 Å². The van der Waals surface area contributed by atoms with Gasteiger partial charge in [0, 0.05) is 16.4 Å². The third-order valence-electron chi connectivity index (χ3n) is 4.60. The monoisotopic (exact) mass is 352 g/mol. The summed E-state index contributed by atoms with van der Waals surface area (Å²) >= 11 is 5.88. The molecule has 1 aliphatic rings. The van der Waals surface area contributed by atoms with E-state index in [1.807, 2.05) is 0 Å². The van der Waals surface area contributed by atoms with Gasteiger partial charge in [0.1, 0.15) is 0 Å². The van der Waals surface area contributed by atoms with Gasteiger partial charge in [-0.25, -0.2) is 8.42 Å².